The van der Waals surface area contributed by atoms with Crippen molar-refractivity contribution in [1.82, 2.24) is 19.7 Å². The summed E-state index contributed by atoms with van der Waals surface area (Å²) in [5, 5.41) is 10.7. The molecule has 0 aliphatic carbocycles. The number of aromatic nitrogens is 3. The van der Waals surface area contributed by atoms with Crippen molar-refractivity contribution < 1.29 is 8.42 Å². The fraction of sp³-hybridized carbons (Fsp3) is 0.333. The predicted molar refractivity (Wildman–Crippen MR) is 80.2 cm³/mol. The summed E-state index contributed by atoms with van der Waals surface area (Å²) in [6, 6.07) is 4.76. The Kier molecular flexibility index (Phi) is 4.76. The van der Waals surface area contributed by atoms with Crippen LogP contribution >= 0.6 is 0 Å². The molecule has 2 aromatic rings. The van der Waals surface area contributed by atoms with Crippen LogP contribution in [0.2, 0.25) is 0 Å². The summed E-state index contributed by atoms with van der Waals surface area (Å²) in [4.78, 5) is 0.144. The van der Waals surface area contributed by atoms with Gasteiger partial charge in [-0.25, -0.2) is 13.1 Å². The summed E-state index contributed by atoms with van der Waals surface area (Å²) in [7, 11) is -2.18. The summed E-state index contributed by atoms with van der Waals surface area (Å²) >= 11 is 0. The highest BCUT2D eigenvalue weighted by molar-refractivity contribution is 7.89. The second kappa shape index (κ2) is 6.55. The number of rotatable bonds is 7. The minimum atomic E-state index is -3.55. The molecule has 9 heteroatoms. The Hall–Kier alpha value is -2.13. The van der Waals surface area contributed by atoms with Gasteiger partial charge in [-0.2, -0.15) is 0 Å². The van der Waals surface area contributed by atoms with E-state index < -0.39 is 10.0 Å². The maximum absolute atomic E-state index is 12.0. The third-order valence-electron chi connectivity index (χ3n) is 2.92. The van der Waals surface area contributed by atoms with Crippen molar-refractivity contribution >= 4 is 21.4 Å². The van der Waals surface area contributed by atoms with Gasteiger partial charge in [0.05, 0.1) is 11.9 Å². The molecule has 0 spiro atoms. The van der Waals surface area contributed by atoms with Gasteiger partial charge in [0.15, 0.2) is 0 Å². The fourth-order valence-corrected chi connectivity index (χ4v) is 2.77. The van der Waals surface area contributed by atoms with Gasteiger partial charge >= 0.3 is 0 Å². The second-order valence-electron chi connectivity index (χ2n) is 4.41. The lowest BCUT2D eigenvalue weighted by Gasteiger charge is -2.12. The van der Waals surface area contributed by atoms with E-state index in [2.05, 4.69) is 20.4 Å². The summed E-state index contributed by atoms with van der Waals surface area (Å²) in [6.45, 7) is 1.31. The van der Waals surface area contributed by atoms with Crippen LogP contribution in [0.3, 0.4) is 0 Å². The van der Waals surface area contributed by atoms with E-state index in [1.54, 1.807) is 29.2 Å². The van der Waals surface area contributed by atoms with Crippen LogP contribution < -0.4 is 15.8 Å². The molecule has 0 aliphatic rings. The molecule has 4 N–H and O–H groups in total. The number of sulfonamides is 1. The molecular formula is C12H18N6O2S. The molecule has 1 aromatic heterocycles. The molecule has 8 nitrogen and oxygen atoms in total. The molecule has 21 heavy (non-hydrogen) atoms. The van der Waals surface area contributed by atoms with Gasteiger partial charge in [0.2, 0.25) is 10.0 Å². The minimum absolute atomic E-state index is 0.144. The van der Waals surface area contributed by atoms with Gasteiger partial charge < -0.3 is 11.1 Å². The van der Waals surface area contributed by atoms with Crippen LogP contribution in [0.4, 0.5) is 11.4 Å². The first-order valence-corrected chi connectivity index (χ1v) is 7.92. The quantitative estimate of drug-likeness (QED) is 0.499. The van der Waals surface area contributed by atoms with Crippen molar-refractivity contribution in [3.05, 3.63) is 30.6 Å². The topological polar surface area (TPSA) is 115 Å². The number of hydrogen-bond donors (Lipinski definition) is 3. The first-order chi connectivity index (χ1) is 10.0. The summed E-state index contributed by atoms with van der Waals surface area (Å²) < 4.78 is 27.9. The number of benzene rings is 1. The number of nitrogens with zero attached hydrogens (tertiary/aromatic N) is 3. The number of anilines is 2. The van der Waals surface area contributed by atoms with Gasteiger partial charge in [0.1, 0.15) is 4.90 Å². The number of nitrogens with two attached hydrogens (primary N) is 1. The first kappa shape index (κ1) is 15.3. The SMILES string of the molecule is CNS(=O)(=O)c1cc(N)ccc1NCCCn1ccnn1. The summed E-state index contributed by atoms with van der Waals surface area (Å²) in [5.41, 5.74) is 6.58. The molecule has 0 amide bonds. The van der Waals surface area contributed by atoms with Crippen LogP contribution in [0, 0.1) is 0 Å². The van der Waals surface area contributed by atoms with Crippen LogP contribution in [-0.4, -0.2) is 37.0 Å². The highest BCUT2D eigenvalue weighted by Gasteiger charge is 2.16. The van der Waals surface area contributed by atoms with Crippen LogP contribution in [0.15, 0.2) is 35.5 Å². The lowest BCUT2D eigenvalue weighted by atomic mass is 10.2. The van der Waals surface area contributed by atoms with Gasteiger partial charge in [0, 0.05) is 25.0 Å². The predicted octanol–water partition coefficient (Wildman–Crippen LogP) is 0.271. The summed E-state index contributed by atoms with van der Waals surface area (Å²) in [5.74, 6) is 0. The molecule has 0 bridgehead atoms. The molecule has 0 fully saturated rings. The number of hydrogen-bond acceptors (Lipinski definition) is 6. The molecule has 0 unspecified atom stereocenters. The zero-order chi connectivity index (χ0) is 15.3. The number of nitrogens with one attached hydrogen (secondary N) is 2. The zero-order valence-electron chi connectivity index (χ0n) is 11.7. The van der Waals surface area contributed by atoms with E-state index in [-0.39, 0.29) is 4.90 Å². The largest absolute Gasteiger partial charge is 0.399 e. The van der Waals surface area contributed by atoms with Crippen molar-refractivity contribution in [2.45, 2.75) is 17.9 Å². The van der Waals surface area contributed by atoms with E-state index in [0.29, 0.717) is 24.5 Å². The van der Waals surface area contributed by atoms with Crippen molar-refractivity contribution in [2.75, 3.05) is 24.6 Å². The van der Waals surface area contributed by atoms with E-state index in [1.807, 2.05) is 0 Å². The monoisotopic (exact) mass is 310 g/mol. The van der Waals surface area contributed by atoms with Crippen LogP contribution in [0.5, 0.6) is 0 Å². The van der Waals surface area contributed by atoms with Crippen molar-refractivity contribution in [1.29, 1.82) is 0 Å². The van der Waals surface area contributed by atoms with Crippen molar-refractivity contribution in [3.8, 4) is 0 Å². The molecule has 2 rings (SSSR count). The van der Waals surface area contributed by atoms with Crippen molar-refractivity contribution in [2.24, 2.45) is 0 Å². The zero-order valence-corrected chi connectivity index (χ0v) is 12.5. The fourth-order valence-electron chi connectivity index (χ4n) is 1.83. The Morgan fingerprint density at radius 1 is 1.38 bits per heavy atom. The Balaban J connectivity index is 2.02. The lowest BCUT2D eigenvalue weighted by Crippen LogP contribution is -2.20. The maximum Gasteiger partial charge on any atom is 0.242 e. The first-order valence-electron chi connectivity index (χ1n) is 6.44. The van der Waals surface area contributed by atoms with Gasteiger partial charge in [-0.1, -0.05) is 5.21 Å². The number of nitrogen functional groups attached to an aromatic ring is 1. The Morgan fingerprint density at radius 2 is 2.19 bits per heavy atom. The maximum atomic E-state index is 12.0. The molecule has 0 radical (unpaired) electrons. The van der Waals surface area contributed by atoms with Crippen LogP contribution in [0.1, 0.15) is 6.42 Å². The molecule has 0 saturated heterocycles. The Bertz CT molecular complexity index is 684. The molecule has 1 aromatic carbocycles. The number of aryl methyl sites for hydroxylation is 1. The smallest absolute Gasteiger partial charge is 0.242 e. The third-order valence-corrected chi connectivity index (χ3v) is 4.37. The van der Waals surface area contributed by atoms with Gasteiger partial charge in [-0.15, -0.1) is 5.10 Å². The average molecular weight is 310 g/mol. The van der Waals surface area contributed by atoms with Gasteiger partial charge in [-0.3, -0.25) is 4.68 Å². The molecule has 0 aliphatic heterocycles. The highest BCUT2D eigenvalue weighted by atomic mass is 32.2. The third kappa shape index (κ3) is 3.92. The molecular weight excluding hydrogens is 292 g/mol. The molecule has 0 saturated carbocycles. The lowest BCUT2D eigenvalue weighted by molar-refractivity contribution is 0.569. The van der Waals surface area contributed by atoms with Crippen LogP contribution in [-0.2, 0) is 16.6 Å². The normalized spacial score (nSPS) is 11.5. The van der Waals surface area contributed by atoms with E-state index in [0.717, 1.165) is 6.42 Å². The molecule has 114 valence electrons. The Labute approximate surface area is 123 Å². The molecule has 1 heterocycles. The standard InChI is InChI=1S/C12H18N6O2S/c1-14-21(19,20)12-9-10(13)3-4-11(12)15-5-2-7-18-8-6-16-17-18/h3-4,6,8-9,14-15H,2,5,7,13H2,1H3. The average Bonchev–Trinajstić information content (AvgIpc) is 2.98. The van der Waals surface area contributed by atoms with Gasteiger partial charge in [-0.05, 0) is 31.7 Å². The van der Waals surface area contributed by atoms with E-state index in [4.69, 9.17) is 5.73 Å². The van der Waals surface area contributed by atoms with Gasteiger partial charge in [0.25, 0.3) is 0 Å². The minimum Gasteiger partial charge on any atom is -0.399 e. The Morgan fingerprint density at radius 3 is 2.86 bits per heavy atom. The summed E-state index contributed by atoms with van der Waals surface area (Å²) in [6.07, 6.45) is 4.18. The van der Waals surface area contributed by atoms with E-state index >= 15 is 0 Å². The molecule has 0 atom stereocenters. The second-order valence-corrected chi connectivity index (χ2v) is 6.26. The van der Waals surface area contributed by atoms with Crippen molar-refractivity contribution in [3.63, 3.8) is 0 Å². The van der Waals surface area contributed by atoms with Crippen LogP contribution in [0.25, 0.3) is 0 Å². The van der Waals surface area contributed by atoms with E-state index in [9.17, 15) is 8.42 Å². The highest BCUT2D eigenvalue weighted by Crippen LogP contribution is 2.23. The van der Waals surface area contributed by atoms with E-state index in [1.165, 1.54) is 13.1 Å².